The van der Waals surface area contributed by atoms with Crippen LogP contribution in [0.3, 0.4) is 0 Å². The van der Waals surface area contributed by atoms with Gasteiger partial charge in [0.2, 0.25) is 17.8 Å². The van der Waals surface area contributed by atoms with Crippen molar-refractivity contribution in [1.29, 1.82) is 0 Å². The second kappa shape index (κ2) is 8.09. The van der Waals surface area contributed by atoms with Crippen molar-refractivity contribution in [3.05, 3.63) is 30.1 Å². The van der Waals surface area contributed by atoms with E-state index in [1.54, 1.807) is 0 Å². The van der Waals surface area contributed by atoms with Gasteiger partial charge in [-0.2, -0.15) is 15.1 Å². The standard InChI is InChI=1S/C22H29N9O/c32-20(24-15-4-1-9-23-13-15)17-5-2-10-30(17)22-26-19-6-3-11-31(19)21(27-22)25-18-12-16(28-29-18)14-7-8-14/h3,6,11-12,14-15,17,23H,1-2,4-5,7-10,13H2,(H,24,32)(H2,25,26,27,28,29)/t15-,17+/m0/s1. The van der Waals surface area contributed by atoms with Gasteiger partial charge in [-0.15, -0.1) is 0 Å². The van der Waals surface area contributed by atoms with Crippen molar-refractivity contribution in [1.82, 2.24) is 35.2 Å². The minimum absolute atomic E-state index is 0.0749. The summed E-state index contributed by atoms with van der Waals surface area (Å²) in [5.74, 6) is 2.65. The lowest BCUT2D eigenvalue weighted by atomic mass is 10.1. The van der Waals surface area contributed by atoms with Crippen LogP contribution in [0.4, 0.5) is 17.7 Å². The third-order valence-corrected chi connectivity index (χ3v) is 6.69. The summed E-state index contributed by atoms with van der Waals surface area (Å²) in [6, 6.07) is 5.91. The van der Waals surface area contributed by atoms with Gasteiger partial charge in [-0.3, -0.25) is 14.3 Å². The molecule has 10 nitrogen and oxygen atoms in total. The highest BCUT2D eigenvalue weighted by atomic mass is 16.2. The van der Waals surface area contributed by atoms with Crippen LogP contribution >= 0.6 is 0 Å². The lowest BCUT2D eigenvalue weighted by Crippen LogP contribution is -2.51. The van der Waals surface area contributed by atoms with Gasteiger partial charge in [0, 0.05) is 43.0 Å². The Labute approximate surface area is 186 Å². The highest BCUT2D eigenvalue weighted by Gasteiger charge is 2.34. The minimum Gasteiger partial charge on any atom is -0.350 e. The number of piperidine rings is 1. The summed E-state index contributed by atoms with van der Waals surface area (Å²) >= 11 is 0. The van der Waals surface area contributed by atoms with Crippen LogP contribution in [0.2, 0.25) is 0 Å². The summed E-state index contributed by atoms with van der Waals surface area (Å²) in [7, 11) is 0. The normalized spacial score (nSPS) is 23.6. The Morgan fingerprint density at radius 3 is 2.94 bits per heavy atom. The molecule has 0 radical (unpaired) electrons. The van der Waals surface area contributed by atoms with E-state index in [4.69, 9.17) is 9.97 Å². The van der Waals surface area contributed by atoms with Gasteiger partial charge < -0.3 is 20.9 Å². The molecule has 3 fully saturated rings. The molecule has 2 atom stereocenters. The number of carbonyl (C=O) groups excluding carboxylic acids is 1. The molecular formula is C22H29N9O. The zero-order valence-electron chi connectivity index (χ0n) is 18.0. The van der Waals surface area contributed by atoms with Crippen molar-refractivity contribution >= 4 is 29.3 Å². The molecule has 10 heteroatoms. The van der Waals surface area contributed by atoms with Crippen LogP contribution in [-0.2, 0) is 4.79 Å². The molecule has 1 amide bonds. The number of amides is 1. The Balaban J connectivity index is 1.25. The summed E-state index contributed by atoms with van der Waals surface area (Å²) in [5.41, 5.74) is 1.96. The maximum Gasteiger partial charge on any atom is 0.243 e. The number of aromatic amines is 1. The predicted octanol–water partition coefficient (Wildman–Crippen LogP) is 1.91. The highest BCUT2D eigenvalue weighted by Crippen LogP contribution is 2.39. The van der Waals surface area contributed by atoms with E-state index in [2.05, 4.69) is 32.2 Å². The average molecular weight is 436 g/mol. The fourth-order valence-corrected chi connectivity index (χ4v) is 4.80. The summed E-state index contributed by atoms with van der Waals surface area (Å²) in [4.78, 5) is 24.7. The van der Waals surface area contributed by atoms with Crippen molar-refractivity contribution in [2.24, 2.45) is 0 Å². The molecule has 0 unspecified atom stereocenters. The molecule has 3 aliphatic rings. The number of hydrogen-bond acceptors (Lipinski definition) is 7. The van der Waals surface area contributed by atoms with Crippen LogP contribution in [0.25, 0.3) is 5.65 Å². The summed E-state index contributed by atoms with van der Waals surface area (Å²) in [6.45, 7) is 2.64. The number of rotatable bonds is 6. The Hall–Kier alpha value is -3.14. The van der Waals surface area contributed by atoms with Crippen molar-refractivity contribution in [2.75, 3.05) is 29.9 Å². The topological polar surface area (TPSA) is 115 Å². The number of carbonyl (C=O) groups is 1. The molecule has 0 bridgehead atoms. The van der Waals surface area contributed by atoms with Gasteiger partial charge in [0.05, 0.1) is 0 Å². The molecular weight excluding hydrogens is 406 g/mol. The first-order chi connectivity index (χ1) is 15.7. The molecule has 2 saturated heterocycles. The molecule has 0 spiro atoms. The van der Waals surface area contributed by atoms with Crippen LogP contribution in [0.15, 0.2) is 24.4 Å². The van der Waals surface area contributed by atoms with E-state index in [1.807, 2.05) is 27.6 Å². The van der Waals surface area contributed by atoms with Gasteiger partial charge in [0.25, 0.3) is 0 Å². The molecule has 2 aliphatic heterocycles. The van der Waals surface area contributed by atoms with E-state index in [0.717, 1.165) is 56.8 Å². The molecule has 3 aromatic heterocycles. The van der Waals surface area contributed by atoms with Crippen molar-refractivity contribution in [3.8, 4) is 0 Å². The number of aromatic nitrogens is 5. The van der Waals surface area contributed by atoms with Gasteiger partial charge in [-0.1, -0.05) is 0 Å². The first kappa shape index (κ1) is 19.5. The van der Waals surface area contributed by atoms with Crippen molar-refractivity contribution in [3.63, 3.8) is 0 Å². The first-order valence-electron chi connectivity index (χ1n) is 11.7. The molecule has 3 aromatic rings. The van der Waals surface area contributed by atoms with Crippen LogP contribution in [0.5, 0.6) is 0 Å². The summed E-state index contributed by atoms with van der Waals surface area (Å²) < 4.78 is 1.91. The SMILES string of the molecule is O=C(N[C@H]1CCCNC1)[C@H]1CCCN1c1nc(Nc2cc(C3CC3)[nH]n2)n2cccc2n1. The second-order valence-corrected chi connectivity index (χ2v) is 9.09. The van der Waals surface area contributed by atoms with Crippen LogP contribution in [0, 0.1) is 0 Å². The van der Waals surface area contributed by atoms with E-state index in [0.29, 0.717) is 17.8 Å². The minimum atomic E-state index is -0.242. The largest absolute Gasteiger partial charge is 0.350 e. The number of fused-ring (bicyclic) bond motifs is 1. The predicted molar refractivity (Wildman–Crippen MR) is 121 cm³/mol. The number of nitrogens with one attached hydrogen (secondary N) is 4. The summed E-state index contributed by atoms with van der Waals surface area (Å²) in [6.07, 6.45) is 8.25. The van der Waals surface area contributed by atoms with Crippen LogP contribution in [-0.4, -0.2) is 62.2 Å². The average Bonchev–Trinajstić information content (AvgIpc) is 3.20. The van der Waals surface area contributed by atoms with E-state index in [9.17, 15) is 4.79 Å². The van der Waals surface area contributed by atoms with Crippen LogP contribution in [0.1, 0.15) is 50.1 Å². The maximum absolute atomic E-state index is 13.1. The Morgan fingerprint density at radius 1 is 1.16 bits per heavy atom. The monoisotopic (exact) mass is 435 g/mol. The highest BCUT2D eigenvalue weighted by molar-refractivity contribution is 5.85. The lowest BCUT2D eigenvalue weighted by molar-refractivity contribution is -0.123. The Morgan fingerprint density at radius 2 is 2.09 bits per heavy atom. The van der Waals surface area contributed by atoms with Gasteiger partial charge >= 0.3 is 0 Å². The fourth-order valence-electron chi connectivity index (χ4n) is 4.80. The van der Waals surface area contributed by atoms with Crippen LogP contribution < -0.4 is 20.9 Å². The van der Waals surface area contributed by atoms with E-state index >= 15 is 0 Å². The zero-order chi connectivity index (χ0) is 21.5. The van der Waals surface area contributed by atoms with E-state index < -0.39 is 0 Å². The quantitative estimate of drug-likeness (QED) is 0.467. The first-order valence-corrected chi connectivity index (χ1v) is 11.7. The molecule has 1 aliphatic carbocycles. The summed E-state index contributed by atoms with van der Waals surface area (Å²) in [5, 5.41) is 17.5. The third-order valence-electron chi connectivity index (χ3n) is 6.69. The fraction of sp³-hybridized carbons (Fsp3) is 0.545. The Bertz CT molecular complexity index is 1110. The molecule has 5 heterocycles. The van der Waals surface area contributed by atoms with Gasteiger partial charge in [0.1, 0.15) is 11.7 Å². The van der Waals surface area contributed by atoms with E-state index in [-0.39, 0.29) is 18.0 Å². The van der Waals surface area contributed by atoms with Crippen molar-refractivity contribution < 1.29 is 4.79 Å². The molecule has 1 saturated carbocycles. The molecule has 0 aromatic carbocycles. The molecule has 168 valence electrons. The maximum atomic E-state index is 13.1. The lowest BCUT2D eigenvalue weighted by Gasteiger charge is -2.28. The smallest absolute Gasteiger partial charge is 0.243 e. The van der Waals surface area contributed by atoms with Gasteiger partial charge in [0.15, 0.2) is 5.82 Å². The number of hydrogen-bond donors (Lipinski definition) is 4. The molecule has 32 heavy (non-hydrogen) atoms. The molecule has 6 rings (SSSR count). The number of anilines is 3. The van der Waals surface area contributed by atoms with Gasteiger partial charge in [-0.25, -0.2) is 0 Å². The van der Waals surface area contributed by atoms with Crippen molar-refractivity contribution in [2.45, 2.75) is 56.5 Å². The zero-order valence-corrected chi connectivity index (χ0v) is 18.0. The second-order valence-electron chi connectivity index (χ2n) is 9.09. The third kappa shape index (κ3) is 3.79. The van der Waals surface area contributed by atoms with Gasteiger partial charge in [-0.05, 0) is 57.2 Å². The van der Waals surface area contributed by atoms with E-state index in [1.165, 1.54) is 18.5 Å². The Kier molecular flexibility index (Phi) is 4.94. The molecule has 4 N–H and O–H groups in total. The number of H-pyrrole nitrogens is 1. The number of nitrogens with zero attached hydrogens (tertiary/aromatic N) is 5.